The minimum absolute atomic E-state index is 0.0745. The number of nitrogens with zero attached hydrogens (tertiary/aromatic N) is 1. The number of hydrogen-bond donors (Lipinski definition) is 1. The van der Waals surface area contributed by atoms with Crippen molar-refractivity contribution in [2.24, 2.45) is 0 Å². The lowest BCUT2D eigenvalue weighted by Crippen LogP contribution is -2.47. The van der Waals surface area contributed by atoms with Gasteiger partial charge >= 0.3 is 0 Å². The number of alkyl halides is 2. The number of likely N-dealkylation sites (N-methyl/N-ethyl adjacent to an activating group) is 1. The SMILES string of the molecule is CN(C)C(C)(C)CNCC(F)F. The van der Waals surface area contributed by atoms with E-state index >= 15 is 0 Å². The predicted octanol–water partition coefficient (Wildman–Crippen LogP) is 1.18. The summed E-state index contributed by atoms with van der Waals surface area (Å²) in [5.41, 5.74) is -0.0745. The fourth-order valence-corrected chi connectivity index (χ4v) is 0.645. The Labute approximate surface area is 72.9 Å². The van der Waals surface area contributed by atoms with Crippen LogP contribution in [0, 0.1) is 0 Å². The van der Waals surface area contributed by atoms with Gasteiger partial charge in [-0.3, -0.25) is 0 Å². The van der Waals surface area contributed by atoms with Crippen LogP contribution in [-0.2, 0) is 0 Å². The maximum atomic E-state index is 11.7. The molecule has 0 saturated heterocycles. The van der Waals surface area contributed by atoms with Gasteiger partial charge < -0.3 is 10.2 Å². The van der Waals surface area contributed by atoms with Gasteiger partial charge in [-0.2, -0.15) is 0 Å². The second kappa shape index (κ2) is 4.72. The van der Waals surface area contributed by atoms with Gasteiger partial charge in [0.15, 0.2) is 0 Å². The Morgan fingerprint density at radius 1 is 1.33 bits per heavy atom. The van der Waals surface area contributed by atoms with Crippen molar-refractivity contribution in [3.8, 4) is 0 Å². The number of rotatable bonds is 5. The van der Waals surface area contributed by atoms with Gasteiger partial charge in [-0.25, -0.2) is 8.78 Å². The second-order valence-corrected chi connectivity index (χ2v) is 3.73. The maximum absolute atomic E-state index is 11.7. The molecule has 0 radical (unpaired) electrons. The normalized spacial score (nSPS) is 13.0. The molecule has 74 valence electrons. The lowest BCUT2D eigenvalue weighted by molar-refractivity contribution is 0.131. The standard InChI is InChI=1S/C8H18F2N2/c1-8(2,12(3)4)6-11-5-7(9)10/h7,11H,5-6H2,1-4H3. The molecule has 0 aliphatic heterocycles. The van der Waals surface area contributed by atoms with Crippen molar-refractivity contribution >= 4 is 0 Å². The molecule has 0 aliphatic rings. The average molecular weight is 180 g/mol. The van der Waals surface area contributed by atoms with Crippen LogP contribution in [0.2, 0.25) is 0 Å². The highest BCUT2D eigenvalue weighted by Gasteiger charge is 2.19. The lowest BCUT2D eigenvalue weighted by atomic mass is 10.0. The first-order valence-corrected chi connectivity index (χ1v) is 4.02. The zero-order valence-electron chi connectivity index (χ0n) is 8.19. The predicted molar refractivity (Wildman–Crippen MR) is 46.6 cm³/mol. The third kappa shape index (κ3) is 4.62. The van der Waals surface area contributed by atoms with Gasteiger partial charge in [-0.1, -0.05) is 0 Å². The topological polar surface area (TPSA) is 15.3 Å². The maximum Gasteiger partial charge on any atom is 0.250 e. The highest BCUT2D eigenvalue weighted by atomic mass is 19.3. The molecule has 2 nitrogen and oxygen atoms in total. The van der Waals surface area contributed by atoms with Gasteiger partial charge in [-0.15, -0.1) is 0 Å². The summed E-state index contributed by atoms with van der Waals surface area (Å²) in [4.78, 5) is 2.01. The Morgan fingerprint density at radius 2 is 1.83 bits per heavy atom. The minimum atomic E-state index is -2.26. The van der Waals surface area contributed by atoms with Crippen molar-refractivity contribution in [3.63, 3.8) is 0 Å². The molecule has 0 fully saturated rings. The minimum Gasteiger partial charge on any atom is -0.310 e. The molecule has 0 aromatic heterocycles. The van der Waals surface area contributed by atoms with Gasteiger partial charge in [0, 0.05) is 12.1 Å². The van der Waals surface area contributed by atoms with Gasteiger partial charge in [0.1, 0.15) is 0 Å². The molecular formula is C8H18F2N2. The quantitative estimate of drug-likeness (QED) is 0.683. The highest BCUT2D eigenvalue weighted by molar-refractivity contribution is 4.79. The molecule has 4 heteroatoms. The Bertz CT molecular complexity index is 124. The highest BCUT2D eigenvalue weighted by Crippen LogP contribution is 2.07. The number of nitrogens with one attached hydrogen (secondary N) is 1. The Kier molecular flexibility index (Phi) is 4.63. The third-order valence-corrected chi connectivity index (χ3v) is 2.07. The van der Waals surface area contributed by atoms with Gasteiger partial charge in [0.2, 0.25) is 0 Å². The fourth-order valence-electron chi connectivity index (χ4n) is 0.645. The molecule has 0 aliphatic carbocycles. The number of halogens is 2. The van der Waals surface area contributed by atoms with E-state index in [9.17, 15) is 8.78 Å². The monoisotopic (exact) mass is 180 g/mol. The van der Waals surface area contributed by atoms with Crippen molar-refractivity contribution in [3.05, 3.63) is 0 Å². The van der Waals surface area contributed by atoms with Gasteiger partial charge in [-0.05, 0) is 27.9 Å². The first-order chi connectivity index (χ1) is 5.36. The summed E-state index contributed by atoms with van der Waals surface area (Å²) in [6.07, 6.45) is -2.26. The van der Waals surface area contributed by atoms with Gasteiger partial charge in [0.05, 0.1) is 6.54 Å². The van der Waals surface area contributed by atoms with Crippen LogP contribution >= 0.6 is 0 Å². The smallest absolute Gasteiger partial charge is 0.250 e. The summed E-state index contributed by atoms with van der Waals surface area (Å²) in [6.45, 7) is 4.36. The Morgan fingerprint density at radius 3 is 2.17 bits per heavy atom. The summed E-state index contributed by atoms with van der Waals surface area (Å²) in [5, 5.41) is 2.71. The molecule has 0 atom stereocenters. The molecule has 0 heterocycles. The van der Waals surface area contributed by atoms with Crippen LogP contribution in [0.5, 0.6) is 0 Å². The van der Waals surface area contributed by atoms with Crippen LogP contribution in [0.1, 0.15) is 13.8 Å². The van der Waals surface area contributed by atoms with Crippen LogP contribution in [0.15, 0.2) is 0 Å². The van der Waals surface area contributed by atoms with Gasteiger partial charge in [0.25, 0.3) is 6.43 Å². The summed E-state index contributed by atoms with van der Waals surface area (Å²) >= 11 is 0. The molecule has 0 unspecified atom stereocenters. The summed E-state index contributed by atoms with van der Waals surface area (Å²) in [7, 11) is 3.87. The van der Waals surface area contributed by atoms with E-state index in [0.717, 1.165) is 0 Å². The molecule has 0 rings (SSSR count). The Balaban J connectivity index is 3.61. The molecule has 1 N–H and O–H groups in total. The summed E-state index contributed by atoms with van der Waals surface area (Å²) in [6, 6.07) is 0. The Hall–Kier alpha value is -0.220. The van der Waals surface area contributed by atoms with E-state index in [4.69, 9.17) is 0 Å². The zero-order valence-corrected chi connectivity index (χ0v) is 8.19. The van der Waals surface area contributed by atoms with Crippen molar-refractivity contribution in [1.29, 1.82) is 0 Å². The van der Waals surface area contributed by atoms with E-state index in [1.54, 1.807) is 0 Å². The van der Waals surface area contributed by atoms with E-state index in [1.165, 1.54) is 0 Å². The van der Waals surface area contributed by atoms with E-state index < -0.39 is 6.43 Å². The average Bonchev–Trinajstić information content (AvgIpc) is 1.85. The second-order valence-electron chi connectivity index (χ2n) is 3.73. The zero-order chi connectivity index (χ0) is 9.78. The number of hydrogen-bond acceptors (Lipinski definition) is 2. The molecule has 0 bridgehead atoms. The van der Waals surface area contributed by atoms with Crippen LogP contribution in [0.4, 0.5) is 8.78 Å². The molecule has 0 aromatic carbocycles. The van der Waals surface area contributed by atoms with Crippen LogP contribution in [0.3, 0.4) is 0 Å². The van der Waals surface area contributed by atoms with Crippen LogP contribution < -0.4 is 5.32 Å². The summed E-state index contributed by atoms with van der Waals surface area (Å²) in [5.74, 6) is 0. The molecule has 0 spiro atoms. The first-order valence-electron chi connectivity index (χ1n) is 4.02. The van der Waals surface area contributed by atoms with E-state index in [0.29, 0.717) is 6.54 Å². The van der Waals surface area contributed by atoms with E-state index in [-0.39, 0.29) is 12.1 Å². The first kappa shape index (κ1) is 11.8. The van der Waals surface area contributed by atoms with Crippen molar-refractivity contribution in [2.75, 3.05) is 27.2 Å². The van der Waals surface area contributed by atoms with Crippen LogP contribution in [-0.4, -0.2) is 44.0 Å². The van der Waals surface area contributed by atoms with Crippen molar-refractivity contribution in [1.82, 2.24) is 10.2 Å². The van der Waals surface area contributed by atoms with Crippen molar-refractivity contribution < 1.29 is 8.78 Å². The largest absolute Gasteiger partial charge is 0.310 e. The fraction of sp³-hybridized carbons (Fsp3) is 1.00. The molecular weight excluding hydrogens is 162 g/mol. The third-order valence-electron chi connectivity index (χ3n) is 2.07. The van der Waals surface area contributed by atoms with E-state index in [1.807, 2.05) is 32.8 Å². The summed E-state index contributed by atoms with van der Waals surface area (Å²) < 4.78 is 23.5. The van der Waals surface area contributed by atoms with Crippen LogP contribution in [0.25, 0.3) is 0 Å². The van der Waals surface area contributed by atoms with E-state index in [2.05, 4.69) is 5.32 Å². The van der Waals surface area contributed by atoms with Crippen molar-refractivity contribution in [2.45, 2.75) is 25.8 Å². The lowest BCUT2D eigenvalue weighted by Gasteiger charge is -2.32. The molecule has 0 aromatic rings. The molecule has 0 saturated carbocycles. The molecule has 12 heavy (non-hydrogen) atoms. The molecule has 0 amide bonds.